The van der Waals surface area contributed by atoms with Gasteiger partial charge in [0.1, 0.15) is 11.2 Å². The highest BCUT2D eigenvalue weighted by Gasteiger charge is 2.42. The largest absolute Gasteiger partial charge is 0.457 e. The van der Waals surface area contributed by atoms with Gasteiger partial charge < -0.3 is 19.2 Å². The van der Waals surface area contributed by atoms with E-state index in [4.69, 9.17) is 18.9 Å². The monoisotopic (exact) mass is 554 g/mol. The van der Waals surface area contributed by atoms with E-state index < -0.39 is 25.6 Å². The van der Waals surface area contributed by atoms with Crippen LogP contribution in [0.2, 0.25) is 18.1 Å². The Hall–Kier alpha value is -2.71. The summed E-state index contributed by atoms with van der Waals surface area (Å²) in [5.41, 5.74) is 1.34. The minimum Gasteiger partial charge on any atom is -0.457 e. The molecule has 8 heteroatoms. The van der Waals surface area contributed by atoms with Crippen molar-refractivity contribution in [2.45, 2.75) is 116 Å². The van der Waals surface area contributed by atoms with Crippen LogP contribution in [0.25, 0.3) is 17.0 Å². The summed E-state index contributed by atoms with van der Waals surface area (Å²) in [5, 5.41) is 4.01. The lowest BCUT2D eigenvalue weighted by molar-refractivity contribution is -0.143. The molecule has 1 N–H and O–H groups in total. The Kier molecular flexibility index (Phi) is 9.33. The molecule has 1 aliphatic carbocycles. The molecule has 0 spiro atoms. The van der Waals surface area contributed by atoms with Crippen molar-refractivity contribution >= 4 is 37.9 Å². The van der Waals surface area contributed by atoms with Gasteiger partial charge in [0.05, 0.1) is 17.3 Å². The molecule has 0 bridgehead atoms. The lowest BCUT2D eigenvalue weighted by Gasteiger charge is -2.43. The number of benzene rings is 1. The number of hydrogen-bond donors (Lipinski definition) is 1. The Morgan fingerprint density at radius 3 is 2.33 bits per heavy atom. The zero-order chi connectivity index (χ0) is 29.1. The Morgan fingerprint density at radius 1 is 1.10 bits per heavy atom. The first-order valence-electron chi connectivity index (χ1n) is 13.9. The Balaban J connectivity index is 1.73. The predicted molar refractivity (Wildman–Crippen MR) is 159 cm³/mol. The topological polar surface area (TPSA) is 86.8 Å². The molecule has 1 aromatic carbocycles. The number of carbonyl (C=O) groups excluding carboxylic acids is 2. The molecule has 0 aliphatic heterocycles. The van der Waals surface area contributed by atoms with E-state index in [0.29, 0.717) is 6.47 Å². The summed E-state index contributed by atoms with van der Waals surface area (Å²) in [6, 6.07) is 9.67. The van der Waals surface area contributed by atoms with Gasteiger partial charge in [-0.3, -0.25) is 9.78 Å². The minimum atomic E-state index is -1.85. The van der Waals surface area contributed by atoms with Gasteiger partial charge in [-0.05, 0) is 95.3 Å². The van der Waals surface area contributed by atoms with Gasteiger partial charge in [0.2, 0.25) is 0 Å². The second-order valence-electron chi connectivity index (χ2n) is 13.2. The number of rotatable bonds is 8. The number of amides is 1. The molecular formula is C31H46N2O5Si. The van der Waals surface area contributed by atoms with Crippen molar-refractivity contribution in [1.29, 1.82) is 0 Å². The molecule has 1 aliphatic rings. The molecular weight excluding hydrogens is 508 g/mol. The number of ether oxygens (including phenoxy) is 2. The average Bonchev–Trinajstić information content (AvgIpc) is 2.82. The van der Waals surface area contributed by atoms with Crippen LogP contribution in [0.5, 0.6) is 0 Å². The van der Waals surface area contributed by atoms with Crippen LogP contribution in [0, 0.1) is 0 Å². The first-order valence-corrected chi connectivity index (χ1v) is 16.8. The van der Waals surface area contributed by atoms with Crippen molar-refractivity contribution in [3.63, 3.8) is 0 Å². The molecule has 7 nitrogen and oxygen atoms in total. The van der Waals surface area contributed by atoms with E-state index in [1.165, 1.54) is 0 Å². The molecule has 1 atom stereocenters. The van der Waals surface area contributed by atoms with Crippen molar-refractivity contribution in [1.82, 2.24) is 10.3 Å². The van der Waals surface area contributed by atoms with Crippen LogP contribution in [0.1, 0.15) is 91.4 Å². The highest BCUT2D eigenvalue weighted by molar-refractivity contribution is 6.74. The van der Waals surface area contributed by atoms with E-state index in [9.17, 15) is 9.59 Å². The van der Waals surface area contributed by atoms with E-state index in [0.717, 1.165) is 47.8 Å². The van der Waals surface area contributed by atoms with Gasteiger partial charge in [-0.1, -0.05) is 45.0 Å². The molecule has 2 aromatic rings. The van der Waals surface area contributed by atoms with Crippen LogP contribution in [0.3, 0.4) is 0 Å². The summed E-state index contributed by atoms with van der Waals surface area (Å²) in [7, 11) is -1.85. The van der Waals surface area contributed by atoms with Crippen LogP contribution in [-0.2, 0) is 18.7 Å². The van der Waals surface area contributed by atoms with Gasteiger partial charge in [-0.15, -0.1) is 0 Å². The van der Waals surface area contributed by atoms with Gasteiger partial charge in [-0.2, -0.15) is 0 Å². The Bertz CT molecular complexity index is 1190. The van der Waals surface area contributed by atoms with Gasteiger partial charge >= 0.3 is 6.09 Å². The van der Waals surface area contributed by atoms with Crippen molar-refractivity contribution in [3.05, 3.63) is 47.7 Å². The number of pyridine rings is 1. The van der Waals surface area contributed by atoms with Crippen LogP contribution < -0.4 is 5.32 Å². The quantitative estimate of drug-likeness (QED) is 0.266. The maximum absolute atomic E-state index is 12.2. The van der Waals surface area contributed by atoms with Gasteiger partial charge in [0.25, 0.3) is 6.47 Å². The molecule has 1 amide bonds. The smallest absolute Gasteiger partial charge is 0.408 e. The molecule has 214 valence electrons. The van der Waals surface area contributed by atoms with E-state index in [-0.39, 0.29) is 17.2 Å². The van der Waals surface area contributed by atoms with E-state index in [1.807, 2.05) is 70.2 Å². The molecule has 1 saturated carbocycles. The van der Waals surface area contributed by atoms with Crippen LogP contribution >= 0.6 is 0 Å². The third-order valence-corrected chi connectivity index (χ3v) is 12.4. The Labute approximate surface area is 234 Å². The molecule has 0 saturated heterocycles. The van der Waals surface area contributed by atoms with Crippen LogP contribution in [0.4, 0.5) is 4.79 Å². The third kappa shape index (κ3) is 8.38. The molecule has 1 heterocycles. The minimum absolute atomic E-state index is 0.161. The second-order valence-corrected chi connectivity index (χ2v) is 18.0. The fourth-order valence-corrected chi connectivity index (χ4v) is 5.93. The van der Waals surface area contributed by atoms with Gasteiger partial charge in [-0.25, -0.2) is 4.79 Å². The fourth-order valence-electron chi connectivity index (χ4n) is 4.51. The molecule has 1 aromatic heterocycles. The summed E-state index contributed by atoms with van der Waals surface area (Å²) in [6.07, 6.45) is 6.92. The third-order valence-electron chi connectivity index (χ3n) is 7.82. The predicted octanol–water partition coefficient (Wildman–Crippen LogP) is 7.71. The molecule has 1 fully saturated rings. The van der Waals surface area contributed by atoms with Crippen molar-refractivity contribution in [3.8, 4) is 0 Å². The van der Waals surface area contributed by atoms with Crippen LogP contribution in [-0.4, -0.2) is 43.2 Å². The maximum atomic E-state index is 12.2. The van der Waals surface area contributed by atoms with Crippen molar-refractivity contribution in [2.24, 2.45) is 0 Å². The number of fused-ring (bicyclic) bond motifs is 1. The van der Waals surface area contributed by atoms with E-state index in [1.54, 1.807) is 0 Å². The number of hydrogen-bond acceptors (Lipinski definition) is 6. The molecule has 3 rings (SSSR count). The van der Waals surface area contributed by atoms with E-state index in [2.05, 4.69) is 39.2 Å². The number of aromatic nitrogens is 1. The summed E-state index contributed by atoms with van der Waals surface area (Å²) >= 11 is 0. The summed E-state index contributed by atoms with van der Waals surface area (Å²) in [4.78, 5) is 28.4. The number of nitrogens with zero attached hydrogens (tertiary/aromatic N) is 1. The van der Waals surface area contributed by atoms with Crippen molar-refractivity contribution < 1.29 is 23.5 Å². The van der Waals surface area contributed by atoms with Crippen molar-refractivity contribution in [2.75, 3.05) is 0 Å². The highest BCUT2D eigenvalue weighted by Crippen LogP contribution is 2.41. The zero-order valence-electron chi connectivity index (χ0n) is 25.1. The van der Waals surface area contributed by atoms with E-state index >= 15 is 0 Å². The number of carbonyl (C=O) groups is 2. The number of nitrogens with one attached hydrogen (secondary N) is 1. The number of alkyl carbamates (subject to hydrolysis) is 1. The molecule has 0 unspecified atom stereocenters. The summed E-state index contributed by atoms with van der Waals surface area (Å²) < 4.78 is 17.7. The van der Waals surface area contributed by atoms with Gasteiger partial charge in [0, 0.05) is 11.5 Å². The SMILES string of the molecule is C[C@@H](NC(=O)OC(C)(C)C)c1ccc2ccc(/C=C/C3(OC=O)CCC(O[Si](C)(C)C(C)(C)C)CC3)cc2n1. The highest BCUT2D eigenvalue weighted by atomic mass is 28.4. The summed E-state index contributed by atoms with van der Waals surface area (Å²) in [5.74, 6) is 0. The summed E-state index contributed by atoms with van der Waals surface area (Å²) in [6.45, 7) is 19.3. The maximum Gasteiger partial charge on any atom is 0.408 e. The zero-order valence-corrected chi connectivity index (χ0v) is 26.1. The molecule has 39 heavy (non-hydrogen) atoms. The normalized spacial score (nSPS) is 21.5. The average molecular weight is 555 g/mol. The first kappa shape index (κ1) is 30.8. The standard InChI is InChI=1S/C31H46N2O5Si/c1-22(32-28(35)37-29(2,3)4)26-13-12-24-11-10-23(20-27(24)33-26)14-17-31(36-21-34)18-15-25(16-19-31)38-39(8,9)30(5,6)7/h10-14,17,20-22,25H,15-16,18-19H2,1-9H3,(H,32,35)/b17-14+/t22-,25?,31?/m1/s1. The second kappa shape index (κ2) is 11.8. The lowest BCUT2D eigenvalue weighted by atomic mass is 9.82. The molecule has 0 radical (unpaired) electrons. The fraction of sp³-hybridized carbons (Fsp3) is 0.581. The Morgan fingerprint density at radius 2 is 1.74 bits per heavy atom. The van der Waals surface area contributed by atoms with Gasteiger partial charge in [0.15, 0.2) is 8.32 Å². The lowest BCUT2D eigenvalue weighted by Crippen LogP contribution is -2.46. The van der Waals surface area contributed by atoms with Crippen LogP contribution in [0.15, 0.2) is 36.4 Å². The first-order chi connectivity index (χ1) is 18.0.